The fraction of sp³-hybridized carbons (Fsp3) is 0.478. The fourth-order valence-corrected chi connectivity index (χ4v) is 4.67. The molecule has 0 aromatic heterocycles. The van der Waals surface area contributed by atoms with E-state index in [0.717, 1.165) is 43.5 Å². The summed E-state index contributed by atoms with van der Waals surface area (Å²) in [5.74, 6) is -1.29. The number of dihydropyridines is 1. The maximum atomic E-state index is 13.1. The zero-order valence-electron chi connectivity index (χ0n) is 16.8. The molecule has 1 fully saturated rings. The number of halogens is 3. The van der Waals surface area contributed by atoms with Crippen molar-refractivity contribution >= 4 is 11.8 Å². The summed E-state index contributed by atoms with van der Waals surface area (Å²) in [6.45, 7) is 1.76. The highest BCUT2D eigenvalue weighted by molar-refractivity contribution is 6.03. The lowest BCUT2D eigenvalue weighted by Crippen LogP contribution is -2.35. The third-order valence-corrected chi connectivity index (χ3v) is 6.14. The van der Waals surface area contributed by atoms with Gasteiger partial charge in [0.2, 0.25) is 0 Å². The molecule has 160 valence electrons. The highest BCUT2D eigenvalue weighted by atomic mass is 19.4. The van der Waals surface area contributed by atoms with Crippen LogP contribution in [0.25, 0.3) is 0 Å². The summed E-state index contributed by atoms with van der Waals surface area (Å²) in [7, 11) is 0. The molecule has 30 heavy (non-hydrogen) atoms. The minimum absolute atomic E-state index is 0.0766. The molecule has 3 aliphatic rings. The minimum Gasteiger partial charge on any atom is -0.459 e. The van der Waals surface area contributed by atoms with E-state index in [1.165, 1.54) is 12.1 Å². The number of allylic oxidation sites excluding steroid dienone is 3. The maximum Gasteiger partial charge on any atom is 0.416 e. The fourth-order valence-electron chi connectivity index (χ4n) is 4.67. The smallest absolute Gasteiger partial charge is 0.416 e. The number of hydrogen-bond acceptors (Lipinski definition) is 4. The van der Waals surface area contributed by atoms with Crippen molar-refractivity contribution in [3.8, 4) is 0 Å². The second kappa shape index (κ2) is 7.93. The Morgan fingerprint density at radius 1 is 1.07 bits per heavy atom. The predicted molar refractivity (Wildman–Crippen MR) is 104 cm³/mol. The van der Waals surface area contributed by atoms with Gasteiger partial charge in [-0.15, -0.1) is 0 Å². The largest absolute Gasteiger partial charge is 0.459 e. The lowest BCUT2D eigenvalue weighted by atomic mass is 9.75. The maximum absolute atomic E-state index is 13.1. The van der Waals surface area contributed by atoms with Crippen molar-refractivity contribution < 1.29 is 27.5 Å². The number of esters is 1. The number of carbonyl (C=O) groups is 2. The minimum atomic E-state index is -4.45. The third-order valence-electron chi connectivity index (χ3n) is 6.14. The molecule has 1 aromatic carbocycles. The zero-order valence-corrected chi connectivity index (χ0v) is 16.8. The first-order chi connectivity index (χ1) is 14.3. The third kappa shape index (κ3) is 3.89. The van der Waals surface area contributed by atoms with E-state index >= 15 is 0 Å². The molecule has 0 amide bonds. The Balaban J connectivity index is 1.75. The Morgan fingerprint density at radius 2 is 1.73 bits per heavy atom. The normalized spacial score (nSPS) is 22.8. The van der Waals surface area contributed by atoms with Crippen molar-refractivity contribution in [3.05, 3.63) is 57.9 Å². The van der Waals surface area contributed by atoms with Crippen LogP contribution in [-0.4, -0.2) is 17.9 Å². The van der Waals surface area contributed by atoms with Crippen LogP contribution in [0.2, 0.25) is 0 Å². The van der Waals surface area contributed by atoms with Crippen LogP contribution in [0.3, 0.4) is 0 Å². The molecule has 4 rings (SSSR count). The van der Waals surface area contributed by atoms with Crippen LogP contribution in [0.4, 0.5) is 13.2 Å². The lowest BCUT2D eigenvalue weighted by molar-refractivity contribution is -0.144. The summed E-state index contributed by atoms with van der Waals surface area (Å²) in [5, 5.41) is 3.20. The van der Waals surface area contributed by atoms with E-state index in [-0.39, 0.29) is 11.9 Å². The molecule has 7 heteroatoms. The number of Topliss-reactive ketones (excluding diaryl/α,β-unsaturated/α-hetero) is 1. The van der Waals surface area contributed by atoms with Gasteiger partial charge in [-0.05, 0) is 63.1 Å². The summed E-state index contributed by atoms with van der Waals surface area (Å²) in [6.07, 6.45) is 0.764. The van der Waals surface area contributed by atoms with Gasteiger partial charge in [0.05, 0.1) is 11.1 Å². The van der Waals surface area contributed by atoms with Gasteiger partial charge in [0.1, 0.15) is 6.10 Å². The average Bonchev–Trinajstić information content (AvgIpc) is 3.19. The number of alkyl halides is 3. The summed E-state index contributed by atoms with van der Waals surface area (Å²) >= 11 is 0. The monoisotopic (exact) mass is 419 g/mol. The van der Waals surface area contributed by atoms with Gasteiger partial charge in [0.15, 0.2) is 5.78 Å². The van der Waals surface area contributed by atoms with Gasteiger partial charge in [-0.1, -0.05) is 12.1 Å². The molecule has 0 radical (unpaired) electrons. The van der Waals surface area contributed by atoms with Crippen molar-refractivity contribution in [1.29, 1.82) is 0 Å². The van der Waals surface area contributed by atoms with Gasteiger partial charge < -0.3 is 10.1 Å². The topological polar surface area (TPSA) is 55.4 Å². The molecular weight excluding hydrogens is 395 g/mol. The summed E-state index contributed by atoms with van der Waals surface area (Å²) in [4.78, 5) is 25.9. The van der Waals surface area contributed by atoms with E-state index in [1.807, 2.05) is 0 Å². The summed E-state index contributed by atoms with van der Waals surface area (Å²) in [6, 6.07) is 4.73. The van der Waals surface area contributed by atoms with Crippen LogP contribution in [0, 0.1) is 0 Å². The van der Waals surface area contributed by atoms with Crippen LogP contribution in [0.5, 0.6) is 0 Å². The number of benzene rings is 1. The molecule has 1 aliphatic heterocycles. The number of hydrogen-bond donors (Lipinski definition) is 1. The van der Waals surface area contributed by atoms with E-state index in [0.29, 0.717) is 41.7 Å². The Kier molecular flexibility index (Phi) is 5.47. The van der Waals surface area contributed by atoms with E-state index in [2.05, 4.69) is 5.32 Å². The van der Waals surface area contributed by atoms with E-state index < -0.39 is 23.6 Å². The zero-order chi connectivity index (χ0) is 21.5. The predicted octanol–water partition coefficient (Wildman–Crippen LogP) is 5.16. The van der Waals surface area contributed by atoms with Gasteiger partial charge in [0.25, 0.3) is 0 Å². The molecule has 1 N–H and O–H groups in total. The Morgan fingerprint density at radius 3 is 2.37 bits per heavy atom. The molecule has 0 bridgehead atoms. The van der Waals surface area contributed by atoms with Crippen LogP contribution in [0.15, 0.2) is 46.8 Å². The molecule has 0 unspecified atom stereocenters. The van der Waals surface area contributed by atoms with Crippen molar-refractivity contribution in [2.75, 3.05) is 0 Å². The van der Waals surface area contributed by atoms with Gasteiger partial charge in [0, 0.05) is 29.3 Å². The molecule has 1 atom stereocenters. The molecule has 1 heterocycles. The standard InChI is InChI=1S/C23H24F3NO3/c1-13-19(22(29)30-16-5-2-3-6-16)20(21-17(27-13)7-4-8-18(21)28)14-9-11-15(12-10-14)23(24,25)26/h9-12,16,20,27H,2-8H2,1H3/t20-/m0/s1. The van der Waals surface area contributed by atoms with Crippen molar-refractivity contribution in [3.63, 3.8) is 0 Å². The number of carbonyl (C=O) groups excluding carboxylic acids is 2. The van der Waals surface area contributed by atoms with Gasteiger partial charge >= 0.3 is 12.1 Å². The van der Waals surface area contributed by atoms with E-state index in [9.17, 15) is 22.8 Å². The molecule has 0 spiro atoms. The van der Waals surface area contributed by atoms with E-state index in [1.54, 1.807) is 6.92 Å². The van der Waals surface area contributed by atoms with E-state index in [4.69, 9.17) is 4.74 Å². The molecule has 4 nitrogen and oxygen atoms in total. The van der Waals surface area contributed by atoms with Gasteiger partial charge in [-0.2, -0.15) is 13.2 Å². The van der Waals surface area contributed by atoms with Crippen LogP contribution >= 0.6 is 0 Å². The first-order valence-corrected chi connectivity index (χ1v) is 10.4. The quantitative estimate of drug-likeness (QED) is 0.688. The second-order valence-electron chi connectivity index (χ2n) is 8.20. The number of ether oxygens (including phenoxy) is 1. The first-order valence-electron chi connectivity index (χ1n) is 10.4. The summed E-state index contributed by atoms with van der Waals surface area (Å²) in [5.41, 5.74) is 1.87. The van der Waals surface area contributed by atoms with Crippen LogP contribution in [0.1, 0.15) is 68.9 Å². The second-order valence-corrected chi connectivity index (χ2v) is 8.20. The van der Waals surface area contributed by atoms with Crippen molar-refractivity contribution in [1.82, 2.24) is 5.32 Å². The van der Waals surface area contributed by atoms with Crippen molar-refractivity contribution in [2.24, 2.45) is 0 Å². The van der Waals surface area contributed by atoms with Crippen molar-refractivity contribution in [2.45, 2.75) is 70.1 Å². The highest BCUT2D eigenvalue weighted by Crippen LogP contribution is 2.43. The van der Waals surface area contributed by atoms with Gasteiger partial charge in [-0.3, -0.25) is 4.79 Å². The molecule has 0 saturated heterocycles. The number of ketones is 1. The molecule has 2 aliphatic carbocycles. The number of rotatable bonds is 3. The lowest BCUT2D eigenvalue weighted by Gasteiger charge is -2.34. The Hall–Kier alpha value is -2.57. The summed E-state index contributed by atoms with van der Waals surface area (Å²) < 4.78 is 44.8. The molecular formula is C23H24F3NO3. The highest BCUT2D eigenvalue weighted by Gasteiger charge is 2.40. The molecule has 1 saturated carbocycles. The van der Waals surface area contributed by atoms with Crippen LogP contribution in [-0.2, 0) is 20.5 Å². The van der Waals surface area contributed by atoms with Crippen LogP contribution < -0.4 is 5.32 Å². The molecule has 1 aromatic rings. The first kappa shape index (κ1) is 20.7. The SMILES string of the molecule is CC1=C(C(=O)OC2CCCC2)[C@H](c2ccc(C(F)(F)F)cc2)C2=C(CCCC2=O)N1. The Bertz CT molecular complexity index is 922. The Labute approximate surface area is 173 Å². The average molecular weight is 419 g/mol. The van der Waals surface area contributed by atoms with Gasteiger partial charge in [-0.25, -0.2) is 4.79 Å². The number of nitrogens with one attached hydrogen (secondary N) is 1.